The molecule has 0 saturated carbocycles. The zero-order chi connectivity index (χ0) is 16.8. The van der Waals surface area contributed by atoms with E-state index in [0.29, 0.717) is 19.1 Å². The second-order valence-corrected chi connectivity index (χ2v) is 5.81. The number of nitrogens with zero attached hydrogens (tertiary/aromatic N) is 2. The first-order valence-electron chi connectivity index (χ1n) is 8.99. The molecule has 6 nitrogen and oxygen atoms in total. The molecule has 1 rings (SSSR count). The van der Waals surface area contributed by atoms with Crippen LogP contribution in [0.4, 0.5) is 0 Å². The molecular weight excluding hydrogens is 294 g/mol. The molecule has 23 heavy (non-hydrogen) atoms. The quantitative estimate of drug-likeness (QED) is 0.336. The number of unbranched alkanes of at least 4 members (excludes halogenated alkanes) is 1. The van der Waals surface area contributed by atoms with Gasteiger partial charge in [0.05, 0.1) is 19.8 Å². The van der Waals surface area contributed by atoms with E-state index < -0.39 is 0 Å². The number of methoxy groups -OCH3 is 1. The van der Waals surface area contributed by atoms with Crippen molar-refractivity contribution in [3.8, 4) is 0 Å². The van der Waals surface area contributed by atoms with Crippen LogP contribution in [0, 0.1) is 5.92 Å². The summed E-state index contributed by atoms with van der Waals surface area (Å²) in [7, 11) is 1.70. The Morgan fingerprint density at radius 2 is 2.04 bits per heavy atom. The van der Waals surface area contributed by atoms with Crippen molar-refractivity contribution in [3.05, 3.63) is 0 Å². The van der Waals surface area contributed by atoms with Crippen molar-refractivity contribution in [1.82, 2.24) is 10.2 Å². The first-order valence-corrected chi connectivity index (χ1v) is 8.99. The van der Waals surface area contributed by atoms with E-state index in [9.17, 15) is 0 Å². The summed E-state index contributed by atoms with van der Waals surface area (Å²) in [6, 6.07) is 0. The van der Waals surface area contributed by atoms with Gasteiger partial charge in [-0.1, -0.05) is 0 Å². The van der Waals surface area contributed by atoms with Crippen LogP contribution >= 0.6 is 0 Å². The van der Waals surface area contributed by atoms with E-state index in [0.717, 1.165) is 64.8 Å². The molecule has 136 valence electrons. The Hall–Kier alpha value is -0.850. The van der Waals surface area contributed by atoms with Crippen molar-refractivity contribution in [1.29, 1.82) is 0 Å². The molecule has 1 unspecified atom stereocenters. The fraction of sp³-hybridized carbons (Fsp3) is 0.941. The van der Waals surface area contributed by atoms with E-state index in [-0.39, 0.29) is 0 Å². The highest BCUT2D eigenvalue weighted by Crippen LogP contribution is 2.16. The predicted octanol–water partition coefficient (Wildman–Crippen LogP) is 1.75. The molecule has 1 N–H and O–H groups in total. The molecule has 1 aliphatic rings. The average molecular weight is 329 g/mol. The van der Waals surface area contributed by atoms with Crippen LogP contribution in [0.25, 0.3) is 0 Å². The minimum Gasteiger partial charge on any atom is -0.382 e. The van der Waals surface area contributed by atoms with Gasteiger partial charge in [0.2, 0.25) is 0 Å². The molecule has 6 heteroatoms. The maximum absolute atomic E-state index is 5.66. The number of nitrogens with one attached hydrogen (secondary N) is 1. The van der Waals surface area contributed by atoms with Crippen LogP contribution in [0.3, 0.4) is 0 Å². The van der Waals surface area contributed by atoms with Crippen LogP contribution in [0.1, 0.15) is 33.1 Å². The van der Waals surface area contributed by atoms with Gasteiger partial charge in [-0.2, -0.15) is 0 Å². The fourth-order valence-corrected chi connectivity index (χ4v) is 2.62. The largest absolute Gasteiger partial charge is 0.382 e. The highest BCUT2D eigenvalue weighted by molar-refractivity contribution is 5.80. The van der Waals surface area contributed by atoms with Crippen LogP contribution in [0.15, 0.2) is 4.99 Å². The molecule has 0 spiro atoms. The second kappa shape index (κ2) is 13.6. The number of aliphatic imine (C=N–C) groups is 1. The van der Waals surface area contributed by atoms with E-state index in [2.05, 4.69) is 17.1 Å². The number of hydrogen-bond donors (Lipinski definition) is 1. The summed E-state index contributed by atoms with van der Waals surface area (Å²) in [5.41, 5.74) is 0. The summed E-state index contributed by atoms with van der Waals surface area (Å²) in [6.07, 6.45) is 3.32. The number of likely N-dealkylation sites (tertiary alicyclic amines) is 1. The number of guanidine groups is 1. The summed E-state index contributed by atoms with van der Waals surface area (Å²) < 4.78 is 16.0. The third kappa shape index (κ3) is 9.13. The molecule has 0 bridgehead atoms. The summed E-state index contributed by atoms with van der Waals surface area (Å²) in [6.45, 7) is 11.8. The number of ether oxygens (including phenoxy) is 3. The third-order valence-corrected chi connectivity index (χ3v) is 3.87. The maximum Gasteiger partial charge on any atom is 0.193 e. The van der Waals surface area contributed by atoms with Crippen LogP contribution in [-0.4, -0.2) is 77.2 Å². The van der Waals surface area contributed by atoms with Crippen LogP contribution in [0.5, 0.6) is 0 Å². The van der Waals surface area contributed by atoms with Gasteiger partial charge in [0.15, 0.2) is 5.96 Å². The van der Waals surface area contributed by atoms with Crippen molar-refractivity contribution >= 4 is 5.96 Å². The lowest BCUT2D eigenvalue weighted by molar-refractivity contribution is 0.0536. The smallest absolute Gasteiger partial charge is 0.193 e. The summed E-state index contributed by atoms with van der Waals surface area (Å²) in [5, 5.41) is 3.41. The molecule has 0 radical (unpaired) electrons. The molecule has 0 aromatic rings. The molecule has 0 aromatic heterocycles. The first kappa shape index (κ1) is 20.2. The maximum atomic E-state index is 5.66. The summed E-state index contributed by atoms with van der Waals surface area (Å²) >= 11 is 0. The second-order valence-electron chi connectivity index (χ2n) is 5.81. The van der Waals surface area contributed by atoms with E-state index in [1.54, 1.807) is 7.11 Å². The molecule has 1 heterocycles. The zero-order valence-electron chi connectivity index (χ0n) is 15.2. The van der Waals surface area contributed by atoms with Gasteiger partial charge in [0.1, 0.15) is 0 Å². The number of rotatable bonds is 12. The number of hydrogen-bond acceptors (Lipinski definition) is 4. The van der Waals surface area contributed by atoms with Gasteiger partial charge >= 0.3 is 0 Å². The zero-order valence-corrected chi connectivity index (χ0v) is 15.2. The monoisotopic (exact) mass is 329 g/mol. The Labute approximate surface area is 141 Å². The topological polar surface area (TPSA) is 55.3 Å². The van der Waals surface area contributed by atoms with E-state index in [1.807, 2.05) is 6.92 Å². The molecule has 1 aliphatic heterocycles. The highest BCUT2D eigenvalue weighted by atomic mass is 16.5. The average Bonchev–Trinajstić information content (AvgIpc) is 3.02. The van der Waals surface area contributed by atoms with E-state index in [1.165, 1.54) is 6.42 Å². The Bertz CT molecular complexity index is 313. The third-order valence-electron chi connectivity index (χ3n) is 3.87. The highest BCUT2D eigenvalue weighted by Gasteiger charge is 2.24. The van der Waals surface area contributed by atoms with E-state index >= 15 is 0 Å². The first-order chi connectivity index (χ1) is 11.3. The van der Waals surface area contributed by atoms with E-state index in [4.69, 9.17) is 19.2 Å². The Balaban J connectivity index is 2.27. The van der Waals surface area contributed by atoms with Gasteiger partial charge in [-0.15, -0.1) is 0 Å². The SMILES string of the molecule is CCNC(=NCCCCOCC)N1CCC(COCCOC)C1. The van der Waals surface area contributed by atoms with Gasteiger partial charge in [0.25, 0.3) is 0 Å². The molecular formula is C17H35N3O3. The minimum atomic E-state index is 0.591. The van der Waals surface area contributed by atoms with Gasteiger partial charge in [-0.05, 0) is 33.1 Å². The van der Waals surface area contributed by atoms with Gasteiger partial charge in [-0.25, -0.2) is 0 Å². The van der Waals surface area contributed by atoms with Crippen molar-refractivity contribution in [3.63, 3.8) is 0 Å². The molecule has 0 amide bonds. The van der Waals surface area contributed by atoms with Crippen LogP contribution in [0.2, 0.25) is 0 Å². The summed E-state index contributed by atoms with van der Waals surface area (Å²) in [4.78, 5) is 7.11. The normalized spacial score (nSPS) is 18.7. The predicted molar refractivity (Wildman–Crippen MR) is 94.1 cm³/mol. The lowest BCUT2D eigenvalue weighted by Gasteiger charge is -2.21. The molecule has 1 fully saturated rings. The molecule has 0 aromatic carbocycles. The standard InChI is InChI=1S/C17H35N3O3/c1-4-18-17(19-9-6-7-11-22-5-2)20-10-8-16(14-20)15-23-13-12-21-3/h16H,4-15H2,1-3H3,(H,18,19). The molecule has 1 saturated heterocycles. The van der Waals surface area contributed by atoms with Crippen molar-refractivity contribution in [2.75, 3.05) is 66.3 Å². The Kier molecular flexibility index (Phi) is 11.9. The summed E-state index contributed by atoms with van der Waals surface area (Å²) in [5.74, 6) is 1.64. The van der Waals surface area contributed by atoms with Crippen molar-refractivity contribution < 1.29 is 14.2 Å². The molecule has 0 aliphatic carbocycles. The molecule has 1 atom stereocenters. The van der Waals surface area contributed by atoms with Crippen LogP contribution < -0.4 is 5.32 Å². The lowest BCUT2D eigenvalue weighted by Crippen LogP contribution is -2.40. The fourth-order valence-electron chi connectivity index (χ4n) is 2.62. The van der Waals surface area contributed by atoms with Gasteiger partial charge in [-0.3, -0.25) is 4.99 Å². The minimum absolute atomic E-state index is 0.591. The van der Waals surface area contributed by atoms with Gasteiger partial charge in [0, 0.05) is 52.4 Å². The van der Waals surface area contributed by atoms with Crippen LogP contribution in [-0.2, 0) is 14.2 Å². The van der Waals surface area contributed by atoms with Crippen molar-refractivity contribution in [2.24, 2.45) is 10.9 Å². The van der Waals surface area contributed by atoms with Gasteiger partial charge < -0.3 is 24.4 Å². The lowest BCUT2D eigenvalue weighted by atomic mass is 10.1. The Morgan fingerprint density at radius 1 is 1.17 bits per heavy atom. The van der Waals surface area contributed by atoms with Crippen molar-refractivity contribution in [2.45, 2.75) is 33.1 Å². The Morgan fingerprint density at radius 3 is 2.78 bits per heavy atom.